The van der Waals surface area contributed by atoms with E-state index in [-0.39, 0.29) is 15.2 Å². The van der Waals surface area contributed by atoms with Crippen LogP contribution in [0.5, 0.6) is 0 Å². The van der Waals surface area contributed by atoms with Crippen molar-refractivity contribution >= 4 is 57.8 Å². The van der Waals surface area contributed by atoms with Gasteiger partial charge in [0.2, 0.25) is 0 Å². The highest BCUT2D eigenvalue weighted by molar-refractivity contribution is 7.80. The van der Waals surface area contributed by atoms with Crippen LogP contribution < -0.4 is 10.7 Å². The number of nitrogens with one attached hydrogen (secondary N) is 1. The molecule has 0 amide bonds. The highest BCUT2D eigenvalue weighted by Gasteiger charge is 2.14. The van der Waals surface area contributed by atoms with E-state index >= 15 is 0 Å². The second-order valence-electron chi connectivity index (χ2n) is 2.47. The van der Waals surface area contributed by atoms with Crippen molar-refractivity contribution in [2.75, 3.05) is 5.01 Å². The molecule has 1 aromatic rings. The summed E-state index contributed by atoms with van der Waals surface area (Å²) >= 11 is 22.1. The number of halogens is 3. The van der Waals surface area contributed by atoms with Gasteiger partial charge in [-0.2, -0.15) is 10.5 Å². The molecule has 1 aromatic carbocycles. The lowest BCUT2D eigenvalue weighted by molar-refractivity contribution is 0.948. The fraction of sp³-hybridized carbons (Fsp3) is 0. The third-order valence-electron chi connectivity index (χ3n) is 1.53. The predicted molar refractivity (Wildman–Crippen MR) is 65.9 cm³/mol. The van der Waals surface area contributed by atoms with Crippen LogP contribution >= 0.6 is 47.0 Å². The van der Waals surface area contributed by atoms with Gasteiger partial charge in [-0.3, -0.25) is 0 Å². The van der Waals surface area contributed by atoms with E-state index in [1.165, 1.54) is 12.1 Å². The normalized spacial score (nSPS) is 9.80. The van der Waals surface area contributed by atoms with E-state index < -0.39 is 0 Å². The summed E-state index contributed by atoms with van der Waals surface area (Å²) in [5, 5.41) is 4.83. The van der Waals surface area contributed by atoms with Crippen LogP contribution in [0.1, 0.15) is 0 Å². The number of nitrogens with two attached hydrogens (primary N) is 1. The Morgan fingerprint density at radius 2 is 1.80 bits per heavy atom. The molecule has 0 radical (unpaired) electrons. The fourth-order valence-electron chi connectivity index (χ4n) is 0.896. The molecule has 0 aliphatic heterocycles. The molecular formula is C7H5Cl3N4S. The van der Waals surface area contributed by atoms with Crippen LogP contribution in [0, 0.1) is 5.53 Å². The van der Waals surface area contributed by atoms with E-state index in [4.69, 9.17) is 46.1 Å². The van der Waals surface area contributed by atoms with Crippen molar-refractivity contribution in [1.82, 2.24) is 0 Å². The molecule has 0 aliphatic rings. The average Bonchev–Trinajstić information content (AvgIpc) is 2.14. The van der Waals surface area contributed by atoms with Crippen LogP contribution in [-0.4, -0.2) is 5.11 Å². The third-order valence-corrected chi connectivity index (χ3v) is 2.72. The Bertz CT molecular complexity index is 423. The van der Waals surface area contributed by atoms with Crippen LogP contribution in [0.15, 0.2) is 17.4 Å². The average molecular weight is 284 g/mol. The van der Waals surface area contributed by atoms with E-state index in [0.717, 1.165) is 5.01 Å². The summed E-state index contributed by atoms with van der Waals surface area (Å²) < 4.78 is 0. The number of hydrogen-bond acceptors (Lipinski definition) is 3. The number of thiocarbonyl (C=S) groups is 1. The van der Waals surface area contributed by atoms with Crippen LogP contribution in [0.3, 0.4) is 0 Å². The van der Waals surface area contributed by atoms with Gasteiger partial charge in [-0.1, -0.05) is 40.0 Å². The zero-order valence-electron chi connectivity index (χ0n) is 7.17. The number of nitrogens with zero attached hydrogens (tertiary/aromatic N) is 2. The van der Waals surface area contributed by atoms with Crippen molar-refractivity contribution in [3.05, 3.63) is 27.2 Å². The Balaban J connectivity index is 3.30. The Kier molecular flexibility index (Phi) is 4.10. The minimum Gasteiger partial charge on any atom is -0.374 e. The van der Waals surface area contributed by atoms with Gasteiger partial charge in [-0.15, -0.1) is 0 Å². The van der Waals surface area contributed by atoms with Crippen molar-refractivity contribution in [1.29, 1.82) is 5.53 Å². The quantitative estimate of drug-likeness (QED) is 0.377. The number of benzene rings is 1. The van der Waals surface area contributed by atoms with Gasteiger partial charge >= 0.3 is 0 Å². The van der Waals surface area contributed by atoms with E-state index in [2.05, 4.69) is 17.4 Å². The minimum atomic E-state index is -0.106. The summed E-state index contributed by atoms with van der Waals surface area (Å²) in [6, 6.07) is 2.86. The highest BCUT2D eigenvalue weighted by atomic mass is 35.5. The van der Waals surface area contributed by atoms with Crippen molar-refractivity contribution < 1.29 is 0 Å². The Morgan fingerprint density at radius 1 is 1.27 bits per heavy atom. The second kappa shape index (κ2) is 4.94. The molecular weight excluding hydrogens is 279 g/mol. The Morgan fingerprint density at radius 3 is 2.27 bits per heavy atom. The SMILES string of the molecule is N=NN(C(N)=S)c1cc(Cl)c(Cl)cc1Cl. The van der Waals surface area contributed by atoms with Crippen molar-refractivity contribution in [3.63, 3.8) is 0 Å². The molecule has 0 atom stereocenters. The minimum absolute atomic E-state index is 0.106. The van der Waals surface area contributed by atoms with E-state index in [0.29, 0.717) is 10.7 Å². The number of hydrogen-bond donors (Lipinski definition) is 2. The second-order valence-corrected chi connectivity index (χ2v) is 4.11. The van der Waals surface area contributed by atoms with Gasteiger partial charge in [0.05, 0.1) is 20.8 Å². The van der Waals surface area contributed by atoms with E-state index in [1.807, 2.05) is 0 Å². The first kappa shape index (κ1) is 12.4. The summed E-state index contributed by atoms with van der Waals surface area (Å²) in [6.07, 6.45) is 0. The lowest BCUT2D eigenvalue weighted by Gasteiger charge is -2.16. The summed E-state index contributed by atoms with van der Waals surface area (Å²) in [5.74, 6) is 0. The maximum atomic E-state index is 6.90. The lowest BCUT2D eigenvalue weighted by Crippen LogP contribution is -2.30. The highest BCUT2D eigenvalue weighted by Crippen LogP contribution is 2.34. The summed E-state index contributed by atoms with van der Waals surface area (Å²) in [4.78, 5) is 0. The third kappa shape index (κ3) is 2.69. The number of rotatable bonds is 2. The molecule has 0 fully saturated rings. The monoisotopic (exact) mass is 282 g/mol. The largest absolute Gasteiger partial charge is 0.374 e. The van der Waals surface area contributed by atoms with Gasteiger partial charge in [0.15, 0.2) is 5.11 Å². The van der Waals surface area contributed by atoms with Crippen molar-refractivity contribution in [3.8, 4) is 0 Å². The maximum Gasteiger partial charge on any atom is 0.193 e. The molecule has 80 valence electrons. The molecule has 0 bridgehead atoms. The van der Waals surface area contributed by atoms with E-state index in [1.54, 1.807) is 0 Å². The molecule has 1 rings (SSSR count). The summed E-state index contributed by atoms with van der Waals surface area (Å²) in [5.41, 5.74) is 12.6. The molecule has 8 heteroatoms. The summed E-state index contributed by atoms with van der Waals surface area (Å²) in [6.45, 7) is 0. The summed E-state index contributed by atoms with van der Waals surface area (Å²) in [7, 11) is 0. The first-order valence-corrected chi connectivity index (χ1v) is 5.13. The molecule has 0 saturated heterocycles. The molecule has 0 unspecified atom stereocenters. The molecule has 0 aromatic heterocycles. The molecule has 3 N–H and O–H groups in total. The van der Waals surface area contributed by atoms with Crippen LogP contribution in [0.2, 0.25) is 15.1 Å². The van der Waals surface area contributed by atoms with Gasteiger partial charge in [0.1, 0.15) is 0 Å². The van der Waals surface area contributed by atoms with Crippen LogP contribution in [0.25, 0.3) is 0 Å². The maximum absolute atomic E-state index is 6.90. The van der Waals surface area contributed by atoms with Gasteiger partial charge in [-0.25, -0.2) is 0 Å². The van der Waals surface area contributed by atoms with E-state index in [9.17, 15) is 0 Å². The van der Waals surface area contributed by atoms with Crippen molar-refractivity contribution in [2.45, 2.75) is 0 Å². The molecule has 15 heavy (non-hydrogen) atoms. The first-order valence-electron chi connectivity index (χ1n) is 3.59. The standard InChI is InChI=1S/C7H5Cl3N4S/c8-3-1-5(10)6(2-4(3)9)14(13-12)7(11)15/h1-2,12H,(H2,11,15). The van der Waals surface area contributed by atoms with Gasteiger partial charge in [-0.05, 0) is 24.4 Å². The Labute approximate surface area is 106 Å². The zero-order chi connectivity index (χ0) is 11.6. The predicted octanol–water partition coefficient (Wildman–Crippen LogP) is 3.64. The van der Waals surface area contributed by atoms with Crippen molar-refractivity contribution in [2.24, 2.45) is 11.0 Å². The molecule has 0 aliphatic carbocycles. The fourth-order valence-corrected chi connectivity index (χ4v) is 1.66. The smallest absolute Gasteiger partial charge is 0.193 e. The number of anilines is 1. The van der Waals surface area contributed by atoms with Gasteiger partial charge in [0.25, 0.3) is 0 Å². The van der Waals surface area contributed by atoms with Crippen LogP contribution in [-0.2, 0) is 0 Å². The molecule has 0 saturated carbocycles. The first-order chi connectivity index (χ1) is 6.97. The van der Waals surface area contributed by atoms with Crippen LogP contribution in [0.4, 0.5) is 5.69 Å². The molecule has 4 nitrogen and oxygen atoms in total. The lowest BCUT2D eigenvalue weighted by atomic mass is 10.3. The zero-order valence-corrected chi connectivity index (χ0v) is 10.3. The molecule has 0 heterocycles. The molecule has 0 spiro atoms. The Hall–Kier alpha value is -0.620. The van der Waals surface area contributed by atoms with Gasteiger partial charge in [0, 0.05) is 0 Å². The topological polar surface area (TPSA) is 65.5 Å². The van der Waals surface area contributed by atoms with Gasteiger partial charge < -0.3 is 5.73 Å².